The number of carboxylic acids is 4. The second kappa shape index (κ2) is 69.3. The topological polar surface area (TPSA) is 210 Å². The molecule has 11 heteroatoms. The lowest BCUT2D eigenvalue weighted by molar-refractivity contribution is -0.138. The van der Waals surface area contributed by atoms with Gasteiger partial charge in [0.05, 0.1) is 13.2 Å². The van der Waals surface area contributed by atoms with Gasteiger partial charge in [-0.3, -0.25) is 19.2 Å². The van der Waals surface area contributed by atoms with Crippen molar-refractivity contribution in [3.05, 3.63) is 0 Å². The van der Waals surface area contributed by atoms with Crippen molar-refractivity contribution in [2.45, 2.75) is 316 Å². The van der Waals surface area contributed by atoms with E-state index < -0.39 is 30.0 Å². The minimum absolute atomic E-state index is 0.337. The molecule has 66 heavy (non-hydrogen) atoms. The van der Waals surface area contributed by atoms with E-state index >= 15 is 0 Å². The summed E-state index contributed by atoms with van der Waals surface area (Å²) in [5, 5.41) is 57.6. The van der Waals surface area contributed by atoms with E-state index in [1.54, 1.807) is 0 Å². The van der Waals surface area contributed by atoms with Crippen LogP contribution < -0.4 is 0 Å². The molecule has 0 bridgehead atoms. The van der Waals surface area contributed by atoms with E-state index in [4.69, 9.17) is 35.7 Å². The molecule has 0 atom stereocenters. The van der Waals surface area contributed by atoms with E-state index in [-0.39, 0.29) is 13.2 Å². The van der Waals surface area contributed by atoms with Gasteiger partial charge in [0.25, 0.3) is 0 Å². The van der Waals surface area contributed by atoms with Crippen LogP contribution in [0.25, 0.3) is 0 Å². The van der Waals surface area contributed by atoms with Crippen LogP contribution in [-0.4, -0.2) is 78.9 Å². The molecule has 0 aromatic carbocycles. The largest absolute Gasteiger partial charge is 0.481 e. The van der Waals surface area contributed by atoms with Crippen molar-refractivity contribution in [1.82, 2.24) is 0 Å². The summed E-state index contributed by atoms with van der Waals surface area (Å²) >= 11 is 0. The highest BCUT2D eigenvalue weighted by atomic mass is 16.4. The van der Waals surface area contributed by atoms with Gasteiger partial charge in [-0.05, 0) is 25.7 Å². The van der Waals surface area contributed by atoms with E-state index in [0.29, 0.717) is 25.7 Å². The molecule has 0 heterocycles. The average molecular weight is 949 g/mol. The van der Waals surface area contributed by atoms with Crippen LogP contribution >= 0.6 is 0 Å². The highest BCUT2D eigenvalue weighted by Crippen LogP contribution is 2.15. The summed E-state index contributed by atoms with van der Waals surface area (Å²) in [5.74, 6) is -2.64. The second-order valence-corrected chi connectivity index (χ2v) is 18.3. The second-order valence-electron chi connectivity index (χ2n) is 18.3. The maximum atomic E-state index is 10.3. The maximum absolute atomic E-state index is 10.3. The zero-order valence-electron chi connectivity index (χ0n) is 43.9. The molecule has 0 unspecified atom stereocenters. The summed E-state index contributed by atoms with van der Waals surface area (Å²) in [6.07, 6.45) is 51.0. The number of rotatable bonds is 46. The summed E-state index contributed by atoms with van der Waals surface area (Å²) in [5.41, 5.74) is 0. The molecule has 0 radical (unpaired) electrons. The Morgan fingerprint density at radius 3 is 0.470 bits per heavy atom. The van der Waals surface area contributed by atoms with Gasteiger partial charge >= 0.3 is 23.9 Å². The minimum Gasteiger partial charge on any atom is -0.481 e. The molecule has 0 aliphatic carbocycles. The monoisotopic (exact) mass is 949 g/mol. The quantitative estimate of drug-likeness (QED) is 0.0285. The highest BCUT2D eigenvalue weighted by molar-refractivity contribution is 5.67. The van der Waals surface area contributed by atoms with Gasteiger partial charge in [0.15, 0.2) is 0 Å². The molecule has 0 fully saturated rings. The van der Waals surface area contributed by atoms with Crippen molar-refractivity contribution in [2.24, 2.45) is 0 Å². The fourth-order valence-electron chi connectivity index (χ4n) is 7.11. The normalized spacial score (nSPS) is 10.4. The third-order valence-corrected chi connectivity index (χ3v) is 11.4. The lowest BCUT2D eigenvalue weighted by Crippen LogP contribution is -2.15. The van der Waals surface area contributed by atoms with Crippen molar-refractivity contribution in [2.75, 3.05) is 13.2 Å². The first kappa shape index (κ1) is 72.7. The van der Waals surface area contributed by atoms with E-state index in [9.17, 15) is 19.2 Å². The Hall–Kier alpha value is -2.24. The lowest BCUT2D eigenvalue weighted by Gasteiger charge is -2.03. The number of aliphatic carboxylic acids is 4. The zero-order chi connectivity index (χ0) is 50.4. The molecule has 0 rings (SSSR count). The Kier molecular flexibility index (Phi) is 76.4. The van der Waals surface area contributed by atoms with Gasteiger partial charge in [0.1, 0.15) is 6.10 Å². The maximum Gasteiger partial charge on any atom is 0.303 e. The van der Waals surface area contributed by atoms with Crippen LogP contribution in [0.2, 0.25) is 0 Å². The lowest BCUT2D eigenvalue weighted by atomic mass is 10.0. The number of hydrogen-bond acceptors (Lipinski definition) is 7. The summed E-state index contributed by atoms with van der Waals surface area (Å²) in [6, 6.07) is 0. The Bertz CT molecular complexity index is 927. The molecule has 0 amide bonds. The molecule has 0 saturated heterocycles. The van der Waals surface area contributed by atoms with Gasteiger partial charge in [0, 0.05) is 25.7 Å². The van der Waals surface area contributed by atoms with Crippen LogP contribution in [0.15, 0.2) is 0 Å². The van der Waals surface area contributed by atoms with Gasteiger partial charge in [-0.25, -0.2) is 0 Å². The number of aliphatic hydroxyl groups is 3. The summed E-state index contributed by atoms with van der Waals surface area (Å²) in [4.78, 5) is 40.8. The van der Waals surface area contributed by atoms with Crippen molar-refractivity contribution >= 4 is 23.9 Å². The van der Waals surface area contributed by atoms with Crippen LogP contribution in [0.4, 0.5) is 0 Å². The first-order valence-corrected chi connectivity index (χ1v) is 27.7. The molecular formula is C55H112O11. The molecule has 0 saturated carbocycles. The Labute approximate surface area is 407 Å². The molecule has 398 valence electrons. The fourth-order valence-corrected chi connectivity index (χ4v) is 7.11. The molecule has 7 N–H and O–H groups in total. The van der Waals surface area contributed by atoms with Crippen molar-refractivity contribution in [3.63, 3.8) is 0 Å². The van der Waals surface area contributed by atoms with E-state index in [1.807, 2.05) is 0 Å². The molecule has 0 aliphatic heterocycles. The van der Waals surface area contributed by atoms with Gasteiger partial charge in [-0.2, -0.15) is 0 Å². The predicted molar refractivity (Wildman–Crippen MR) is 277 cm³/mol. The molecule has 0 spiro atoms. The number of unbranched alkanes of at least 4 members (excludes halogenated alkanes) is 36. The standard InChI is InChI=1S/C18H36O2.C16H32O2.C10H20O2.C8H16O2.C3H8O3/c1-2-3-4-5-6-7-8-9-10-11-12-13-14-15-16-17-18(19)20;1-2-3-4-5-6-7-8-9-10-11-12-13-14-15-16(17)18;1-2-3-4-5-6-7-8-9-10(11)12;1-2-3-4-5-6-7-8(9)10;4-1-3(6)2-5/h2-17H2,1H3,(H,19,20);2-15H2,1H3,(H,17,18);2-9H2,1H3,(H,11,12);2-7H2,1H3,(H,9,10);3-6H,1-2H2. The summed E-state index contributed by atoms with van der Waals surface area (Å²) in [6.45, 7) is 8.15. The van der Waals surface area contributed by atoms with E-state index in [2.05, 4.69) is 27.7 Å². The molecule has 0 aromatic rings. The van der Waals surface area contributed by atoms with Crippen LogP contribution in [0, 0.1) is 0 Å². The van der Waals surface area contributed by atoms with Crippen molar-refractivity contribution in [3.8, 4) is 0 Å². The number of aliphatic hydroxyl groups excluding tert-OH is 3. The molecule has 11 nitrogen and oxygen atoms in total. The predicted octanol–water partition coefficient (Wildman–Crippen LogP) is 15.9. The number of carbonyl (C=O) groups is 4. The SMILES string of the molecule is CCCCCCCC(=O)O.CCCCCCCCCC(=O)O.CCCCCCCCCCCCCCCC(=O)O.CCCCCCCCCCCCCCCCCC(=O)O.OCC(O)CO. The third kappa shape index (κ3) is 92.1. The molecule has 0 aliphatic rings. The first-order chi connectivity index (χ1) is 31.9. The van der Waals surface area contributed by atoms with Crippen LogP contribution in [-0.2, 0) is 19.2 Å². The number of carboxylic acid groups (broad SMARTS) is 4. The van der Waals surface area contributed by atoms with Gasteiger partial charge < -0.3 is 35.7 Å². The Morgan fingerprint density at radius 1 is 0.258 bits per heavy atom. The zero-order valence-corrected chi connectivity index (χ0v) is 43.9. The fraction of sp³-hybridized carbons (Fsp3) is 0.927. The highest BCUT2D eigenvalue weighted by Gasteiger charge is 2.00. The van der Waals surface area contributed by atoms with Gasteiger partial charge in [0.2, 0.25) is 0 Å². The smallest absolute Gasteiger partial charge is 0.303 e. The first-order valence-electron chi connectivity index (χ1n) is 27.7. The minimum atomic E-state index is -0.954. The van der Waals surface area contributed by atoms with E-state index in [0.717, 1.165) is 51.4 Å². The van der Waals surface area contributed by atoms with Crippen LogP contribution in [0.3, 0.4) is 0 Å². The van der Waals surface area contributed by atoms with Gasteiger partial charge in [-0.1, -0.05) is 259 Å². The molecule has 0 aromatic heterocycles. The van der Waals surface area contributed by atoms with Crippen LogP contribution in [0.5, 0.6) is 0 Å². The summed E-state index contributed by atoms with van der Waals surface area (Å²) < 4.78 is 0. The summed E-state index contributed by atoms with van der Waals surface area (Å²) in [7, 11) is 0. The average Bonchev–Trinajstić information content (AvgIpc) is 3.29. The van der Waals surface area contributed by atoms with Crippen molar-refractivity contribution in [1.29, 1.82) is 0 Å². The van der Waals surface area contributed by atoms with Gasteiger partial charge in [-0.15, -0.1) is 0 Å². The molecular weight excluding hydrogens is 837 g/mol. The van der Waals surface area contributed by atoms with Crippen molar-refractivity contribution < 1.29 is 54.9 Å². The Morgan fingerprint density at radius 2 is 0.379 bits per heavy atom. The van der Waals surface area contributed by atoms with Crippen LogP contribution in [0.1, 0.15) is 310 Å². The Balaban J connectivity index is -0.000000247. The third-order valence-electron chi connectivity index (χ3n) is 11.4. The number of hydrogen-bond donors (Lipinski definition) is 7. The van der Waals surface area contributed by atoms with E-state index in [1.165, 1.54) is 205 Å².